The summed E-state index contributed by atoms with van der Waals surface area (Å²) in [5.41, 5.74) is 1.06. The van der Waals surface area contributed by atoms with E-state index < -0.39 is 10.0 Å². The minimum atomic E-state index is -3.76. The zero-order chi connectivity index (χ0) is 22.3. The van der Waals surface area contributed by atoms with E-state index in [4.69, 9.17) is 16.3 Å². The van der Waals surface area contributed by atoms with Crippen LogP contribution in [0.5, 0.6) is 0 Å². The number of nitrogens with one attached hydrogen (secondary N) is 1. The molecule has 0 aliphatic carbocycles. The number of carbonyl (C=O) groups is 1. The van der Waals surface area contributed by atoms with Gasteiger partial charge in [0.25, 0.3) is 10.0 Å². The number of benzene rings is 2. The molecular weight excluding hydrogens is 436 g/mol. The van der Waals surface area contributed by atoms with Gasteiger partial charge in [0, 0.05) is 25.8 Å². The Hall–Kier alpha value is -2.35. The molecule has 1 heterocycles. The number of halogens is 1. The number of carbonyl (C=O) groups excluding carboxylic acids is 1. The second-order valence-corrected chi connectivity index (χ2v) is 9.50. The number of hydrogen-bond acceptors (Lipinski definition) is 4. The van der Waals surface area contributed by atoms with Crippen LogP contribution in [0.2, 0.25) is 5.02 Å². The molecule has 1 aliphatic rings. The van der Waals surface area contributed by atoms with Gasteiger partial charge in [-0.3, -0.25) is 9.52 Å². The van der Waals surface area contributed by atoms with Gasteiger partial charge in [0.2, 0.25) is 5.91 Å². The first-order valence-corrected chi connectivity index (χ1v) is 12.2. The lowest BCUT2D eigenvalue weighted by Crippen LogP contribution is -2.42. The molecule has 2 aromatic carbocycles. The molecular formula is C23H27ClN2O4S. The molecule has 1 N–H and O–H groups in total. The molecule has 1 aliphatic heterocycles. The molecule has 166 valence electrons. The lowest BCUT2D eigenvalue weighted by Gasteiger charge is -2.32. The highest BCUT2D eigenvalue weighted by atomic mass is 35.5. The van der Waals surface area contributed by atoms with Crippen molar-refractivity contribution in [3.05, 3.63) is 65.2 Å². The number of piperidine rings is 1. The minimum absolute atomic E-state index is 0.0677. The van der Waals surface area contributed by atoms with E-state index in [0.29, 0.717) is 23.9 Å². The summed E-state index contributed by atoms with van der Waals surface area (Å²) in [6.45, 7) is 4.11. The van der Waals surface area contributed by atoms with Gasteiger partial charge < -0.3 is 9.64 Å². The second-order valence-electron chi connectivity index (χ2n) is 7.41. The Kier molecular flexibility index (Phi) is 8.12. The summed E-state index contributed by atoms with van der Waals surface area (Å²) < 4.78 is 33.4. The number of ether oxygens (including phenoxy) is 1. The van der Waals surface area contributed by atoms with Gasteiger partial charge in [-0.05, 0) is 55.2 Å². The number of para-hydroxylation sites is 1. The van der Waals surface area contributed by atoms with Crippen molar-refractivity contribution in [3.8, 4) is 0 Å². The average molecular weight is 463 g/mol. The second kappa shape index (κ2) is 10.8. The molecule has 1 atom stereocenters. The predicted octanol–water partition coefficient (Wildman–Crippen LogP) is 4.57. The van der Waals surface area contributed by atoms with Crippen LogP contribution in [-0.2, 0) is 19.6 Å². The van der Waals surface area contributed by atoms with Crippen LogP contribution in [0.1, 0.15) is 31.7 Å². The summed E-state index contributed by atoms with van der Waals surface area (Å²) >= 11 is 6.03. The van der Waals surface area contributed by atoms with Gasteiger partial charge in [0.05, 0.1) is 21.7 Å². The van der Waals surface area contributed by atoms with Crippen LogP contribution in [0.15, 0.2) is 59.5 Å². The molecule has 8 heteroatoms. The molecule has 31 heavy (non-hydrogen) atoms. The standard InChI is InChI=1S/C23H27ClN2O4S/c1-2-16-30-19-6-5-15-26(17-19)23(27)14-11-18-9-12-20(13-10-18)31(28,29)25-22-8-4-3-7-21(22)24/h3-4,7-14,19,25H,2,5-6,15-17H2,1H3/b14-11+. The molecule has 0 saturated carbocycles. The van der Waals surface area contributed by atoms with Crippen molar-refractivity contribution in [1.82, 2.24) is 4.90 Å². The van der Waals surface area contributed by atoms with E-state index in [1.807, 2.05) is 0 Å². The zero-order valence-electron chi connectivity index (χ0n) is 17.5. The van der Waals surface area contributed by atoms with E-state index >= 15 is 0 Å². The summed E-state index contributed by atoms with van der Waals surface area (Å²) in [7, 11) is -3.76. The van der Waals surface area contributed by atoms with Gasteiger partial charge in [0.15, 0.2) is 0 Å². The van der Waals surface area contributed by atoms with Crippen LogP contribution in [0, 0.1) is 0 Å². The van der Waals surface area contributed by atoms with Crippen LogP contribution in [0.4, 0.5) is 5.69 Å². The number of anilines is 1. The molecule has 1 unspecified atom stereocenters. The Bertz CT molecular complexity index is 1020. The van der Waals surface area contributed by atoms with Gasteiger partial charge in [-0.25, -0.2) is 8.42 Å². The molecule has 0 aromatic heterocycles. The Morgan fingerprint density at radius 3 is 2.68 bits per heavy atom. The smallest absolute Gasteiger partial charge is 0.261 e. The van der Waals surface area contributed by atoms with Gasteiger partial charge in [-0.2, -0.15) is 0 Å². The number of rotatable bonds is 8. The van der Waals surface area contributed by atoms with E-state index in [1.165, 1.54) is 18.2 Å². The summed E-state index contributed by atoms with van der Waals surface area (Å²) in [5.74, 6) is -0.0677. The SMILES string of the molecule is CCCOC1CCCN(C(=O)/C=C/c2ccc(S(=O)(=O)Nc3ccccc3Cl)cc2)C1. The Morgan fingerprint density at radius 2 is 1.97 bits per heavy atom. The van der Waals surface area contributed by atoms with Gasteiger partial charge in [-0.15, -0.1) is 0 Å². The molecule has 0 radical (unpaired) electrons. The number of nitrogens with zero attached hydrogens (tertiary/aromatic N) is 1. The highest BCUT2D eigenvalue weighted by Gasteiger charge is 2.22. The van der Waals surface area contributed by atoms with Crippen molar-refractivity contribution in [3.63, 3.8) is 0 Å². The molecule has 1 amide bonds. The number of likely N-dealkylation sites (tertiary alicyclic amines) is 1. The van der Waals surface area contributed by atoms with Gasteiger partial charge >= 0.3 is 0 Å². The van der Waals surface area contributed by atoms with E-state index in [2.05, 4.69) is 11.6 Å². The van der Waals surface area contributed by atoms with Crippen molar-refractivity contribution in [2.24, 2.45) is 0 Å². The Morgan fingerprint density at radius 1 is 1.23 bits per heavy atom. The lowest BCUT2D eigenvalue weighted by atomic mass is 10.1. The van der Waals surface area contributed by atoms with Crippen LogP contribution in [-0.4, -0.2) is 45.0 Å². The third-order valence-electron chi connectivity index (χ3n) is 4.97. The van der Waals surface area contributed by atoms with E-state index in [-0.39, 0.29) is 16.9 Å². The largest absolute Gasteiger partial charge is 0.376 e. The quantitative estimate of drug-likeness (QED) is 0.583. The van der Waals surface area contributed by atoms with Crippen molar-refractivity contribution in [2.45, 2.75) is 37.2 Å². The first-order valence-electron chi connectivity index (χ1n) is 10.3. The monoisotopic (exact) mass is 462 g/mol. The molecule has 3 rings (SSSR count). The summed E-state index contributed by atoms with van der Waals surface area (Å²) in [5, 5.41) is 0.323. The third-order valence-corrected chi connectivity index (χ3v) is 6.69. The topological polar surface area (TPSA) is 75.7 Å². The van der Waals surface area contributed by atoms with Crippen molar-refractivity contribution >= 4 is 39.3 Å². The third kappa shape index (κ3) is 6.56. The summed E-state index contributed by atoms with van der Waals surface area (Å²) in [6, 6.07) is 13.0. The Labute approximate surface area is 188 Å². The molecule has 0 bridgehead atoms. The summed E-state index contributed by atoms with van der Waals surface area (Å²) in [6.07, 6.45) is 6.18. The number of sulfonamides is 1. The molecule has 1 saturated heterocycles. The normalized spacial score (nSPS) is 17.1. The zero-order valence-corrected chi connectivity index (χ0v) is 19.0. The molecule has 2 aromatic rings. The number of amides is 1. The predicted molar refractivity (Wildman–Crippen MR) is 124 cm³/mol. The van der Waals surface area contributed by atoms with E-state index in [1.54, 1.807) is 47.4 Å². The van der Waals surface area contributed by atoms with Gasteiger partial charge in [-0.1, -0.05) is 42.8 Å². The van der Waals surface area contributed by atoms with E-state index in [0.717, 1.165) is 31.4 Å². The Balaban J connectivity index is 1.61. The maximum Gasteiger partial charge on any atom is 0.261 e. The molecule has 6 nitrogen and oxygen atoms in total. The maximum atomic E-state index is 12.6. The van der Waals surface area contributed by atoms with Crippen LogP contribution >= 0.6 is 11.6 Å². The van der Waals surface area contributed by atoms with Crippen molar-refractivity contribution in [2.75, 3.05) is 24.4 Å². The van der Waals surface area contributed by atoms with Gasteiger partial charge in [0.1, 0.15) is 0 Å². The van der Waals surface area contributed by atoms with Crippen molar-refractivity contribution < 1.29 is 17.9 Å². The van der Waals surface area contributed by atoms with Crippen LogP contribution < -0.4 is 4.72 Å². The fourth-order valence-electron chi connectivity index (χ4n) is 3.34. The minimum Gasteiger partial charge on any atom is -0.376 e. The molecule has 0 spiro atoms. The average Bonchev–Trinajstić information content (AvgIpc) is 2.78. The highest BCUT2D eigenvalue weighted by Crippen LogP contribution is 2.24. The van der Waals surface area contributed by atoms with Crippen LogP contribution in [0.3, 0.4) is 0 Å². The highest BCUT2D eigenvalue weighted by molar-refractivity contribution is 7.92. The lowest BCUT2D eigenvalue weighted by molar-refractivity contribution is -0.130. The van der Waals surface area contributed by atoms with E-state index in [9.17, 15) is 13.2 Å². The maximum absolute atomic E-state index is 12.6. The van der Waals surface area contributed by atoms with Crippen molar-refractivity contribution in [1.29, 1.82) is 0 Å². The first-order chi connectivity index (χ1) is 14.9. The summed E-state index contributed by atoms with van der Waals surface area (Å²) in [4.78, 5) is 14.4. The fraction of sp³-hybridized carbons (Fsp3) is 0.348. The van der Waals surface area contributed by atoms with Crippen LogP contribution in [0.25, 0.3) is 6.08 Å². The number of hydrogen-bond donors (Lipinski definition) is 1. The fourth-order valence-corrected chi connectivity index (χ4v) is 4.66. The first kappa shape index (κ1) is 23.3. The molecule has 1 fully saturated rings.